The summed E-state index contributed by atoms with van der Waals surface area (Å²) < 4.78 is 2.13. The number of rotatable bonds is 1. The minimum atomic E-state index is 0.693. The Morgan fingerprint density at radius 1 is 1.53 bits per heavy atom. The molecule has 2 aliphatic rings. The van der Waals surface area contributed by atoms with Gasteiger partial charge < -0.3 is 10.2 Å². The smallest absolute Gasteiger partial charge is 0.151 e. The summed E-state index contributed by atoms with van der Waals surface area (Å²) in [6.07, 6.45) is 2.64. The van der Waals surface area contributed by atoms with Crippen molar-refractivity contribution in [2.24, 2.45) is 0 Å². The van der Waals surface area contributed by atoms with Gasteiger partial charge >= 0.3 is 0 Å². The zero-order valence-corrected chi connectivity index (χ0v) is 9.45. The Bertz CT molecular complexity index is 382. The van der Waals surface area contributed by atoms with Crippen LogP contribution in [0.3, 0.4) is 0 Å². The quantitative estimate of drug-likeness (QED) is 0.757. The minimum absolute atomic E-state index is 0.693. The Balaban J connectivity index is 2.10. The fourth-order valence-corrected chi connectivity index (χ4v) is 2.84. The van der Waals surface area contributed by atoms with Gasteiger partial charge in [0.2, 0.25) is 0 Å². The third-order valence-electron chi connectivity index (χ3n) is 3.56. The van der Waals surface area contributed by atoms with Gasteiger partial charge in [0.25, 0.3) is 0 Å². The van der Waals surface area contributed by atoms with E-state index in [-0.39, 0.29) is 0 Å². The van der Waals surface area contributed by atoms with Crippen LogP contribution in [0.25, 0.3) is 0 Å². The van der Waals surface area contributed by atoms with E-state index in [1.807, 2.05) is 0 Å². The summed E-state index contributed by atoms with van der Waals surface area (Å²) in [7, 11) is 0. The van der Waals surface area contributed by atoms with E-state index in [2.05, 4.69) is 33.8 Å². The van der Waals surface area contributed by atoms with Gasteiger partial charge in [-0.15, -0.1) is 0 Å². The minimum Gasteiger partial charge on any atom is -0.378 e. The molecular weight excluding hydrogens is 188 g/mol. The zero-order valence-electron chi connectivity index (χ0n) is 9.45. The topological polar surface area (TPSA) is 33.1 Å². The number of hydrogen-bond donors (Lipinski definition) is 1. The molecule has 3 rings (SSSR count). The highest BCUT2D eigenvalue weighted by molar-refractivity contribution is 5.72. The fourth-order valence-electron chi connectivity index (χ4n) is 2.84. The average Bonchev–Trinajstić information content (AvgIpc) is 2.81. The van der Waals surface area contributed by atoms with E-state index in [4.69, 9.17) is 0 Å². The van der Waals surface area contributed by atoms with Crippen molar-refractivity contribution < 1.29 is 0 Å². The second-order valence-corrected chi connectivity index (χ2v) is 4.47. The normalized spacial score (nSPS) is 23.6. The van der Waals surface area contributed by atoms with Crippen molar-refractivity contribution in [3.63, 3.8) is 0 Å². The molecule has 0 aromatic carbocycles. The van der Waals surface area contributed by atoms with Gasteiger partial charge in [0.1, 0.15) is 5.69 Å². The Labute approximate surface area is 90.3 Å². The van der Waals surface area contributed by atoms with Gasteiger partial charge in [-0.25, -0.2) is 4.68 Å². The number of anilines is 2. The van der Waals surface area contributed by atoms with Crippen molar-refractivity contribution in [3.05, 3.63) is 5.69 Å². The summed E-state index contributed by atoms with van der Waals surface area (Å²) in [5.74, 6) is 1.32. The highest BCUT2D eigenvalue weighted by Gasteiger charge is 2.33. The first kappa shape index (κ1) is 9.07. The summed E-state index contributed by atoms with van der Waals surface area (Å²) in [5, 5.41) is 8.12. The number of aryl methyl sites for hydroxylation is 2. The summed E-state index contributed by atoms with van der Waals surface area (Å²) in [4.78, 5) is 2.54. The maximum atomic E-state index is 4.58. The molecule has 1 atom stereocenters. The molecule has 0 aliphatic carbocycles. The average molecular weight is 206 g/mol. The first-order chi connectivity index (χ1) is 7.31. The molecule has 0 bridgehead atoms. The molecule has 1 aromatic rings. The van der Waals surface area contributed by atoms with Crippen molar-refractivity contribution in [3.8, 4) is 0 Å². The van der Waals surface area contributed by atoms with Crippen LogP contribution in [0.1, 0.15) is 25.5 Å². The van der Waals surface area contributed by atoms with Gasteiger partial charge in [-0.1, -0.05) is 0 Å². The van der Waals surface area contributed by atoms with E-state index in [0.717, 1.165) is 18.8 Å². The second-order valence-electron chi connectivity index (χ2n) is 4.47. The number of hydrogen-bond acceptors (Lipinski definition) is 3. The molecule has 3 heterocycles. The molecular formula is C11H18N4. The van der Waals surface area contributed by atoms with Gasteiger partial charge in [-0.3, -0.25) is 0 Å². The van der Waals surface area contributed by atoms with Crippen molar-refractivity contribution in [1.82, 2.24) is 9.78 Å². The molecule has 2 aliphatic heterocycles. The van der Waals surface area contributed by atoms with Crippen LogP contribution in [0.5, 0.6) is 0 Å². The highest BCUT2D eigenvalue weighted by atomic mass is 15.4. The van der Waals surface area contributed by atoms with Gasteiger partial charge in [0, 0.05) is 25.7 Å². The molecule has 4 heteroatoms. The first-order valence-electron chi connectivity index (χ1n) is 5.89. The molecule has 1 saturated heterocycles. The Hall–Kier alpha value is -1.19. The Kier molecular flexibility index (Phi) is 1.90. The monoisotopic (exact) mass is 206 g/mol. The summed E-state index contributed by atoms with van der Waals surface area (Å²) in [5.41, 5.74) is 2.40. The maximum Gasteiger partial charge on any atom is 0.151 e. The lowest BCUT2D eigenvalue weighted by Gasteiger charge is -2.33. The SMILES string of the molecule is CCn1nc(C)c2c1N1CCCC1CN2. The number of nitrogens with zero attached hydrogens (tertiary/aromatic N) is 3. The molecule has 15 heavy (non-hydrogen) atoms. The van der Waals surface area contributed by atoms with Crippen LogP contribution in [0, 0.1) is 6.92 Å². The van der Waals surface area contributed by atoms with Crippen molar-refractivity contribution in [2.45, 2.75) is 39.3 Å². The van der Waals surface area contributed by atoms with Gasteiger partial charge in [0.15, 0.2) is 5.82 Å². The number of aromatic nitrogens is 2. The van der Waals surface area contributed by atoms with Crippen LogP contribution in [-0.2, 0) is 6.54 Å². The van der Waals surface area contributed by atoms with E-state index in [1.54, 1.807) is 0 Å². The molecule has 0 spiro atoms. The fraction of sp³-hybridized carbons (Fsp3) is 0.727. The molecule has 0 radical (unpaired) electrons. The van der Waals surface area contributed by atoms with Crippen molar-refractivity contribution >= 4 is 11.5 Å². The molecule has 1 unspecified atom stereocenters. The Morgan fingerprint density at radius 2 is 2.40 bits per heavy atom. The van der Waals surface area contributed by atoms with E-state index in [9.17, 15) is 0 Å². The summed E-state index contributed by atoms with van der Waals surface area (Å²) >= 11 is 0. The molecule has 4 nitrogen and oxygen atoms in total. The molecule has 0 amide bonds. The predicted molar refractivity (Wildman–Crippen MR) is 61.5 cm³/mol. The lowest BCUT2D eigenvalue weighted by Crippen LogP contribution is -2.40. The summed E-state index contributed by atoms with van der Waals surface area (Å²) in [6, 6.07) is 0.693. The van der Waals surface area contributed by atoms with E-state index < -0.39 is 0 Å². The van der Waals surface area contributed by atoms with E-state index in [0.29, 0.717) is 6.04 Å². The van der Waals surface area contributed by atoms with Gasteiger partial charge in [-0.05, 0) is 26.7 Å². The van der Waals surface area contributed by atoms with E-state index in [1.165, 1.54) is 30.9 Å². The van der Waals surface area contributed by atoms with Crippen LogP contribution in [-0.4, -0.2) is 28.9 Å². The van der Waals surface area contributed by atoms with Gasteiger partial charge in [-0.2, -0.15) is 5.10 Å². The van der Waals surface area contributed by atoms with Crippen LogP contribution >= 0.6 is 0 Å². The largest absolute Gasteiger partial charge is 0.378 e. The van der Waals surface area contributed by atoms with Crippen LogP contribution < -0.4 is 10.2 Å². The van der Waals surface area contributed by atoms with E-state index >= 15 is 0 Å². The van der Waals surface area contributed by atoms with Gasteiger partial charge in [0.05, 0.1) is 5.69 Å². The first-order valence-corrected chi connectivity index (χ1v) is 5.89. The molecule has 1 fully saturated rings. The standard InChI is InChI=1S/C11H18N4/c1-3-15-11-10(8(2)13-15)12-7-9-5-4-6-14(9)11/h9,12H,3-7H2,1-2H3. The van der Waals surface area contributed by atoms with Crippen LogP contribution in [0.4, 0.5) is 11.5 Å². The second kappa shape index (κ2) is 3.15. The zero-order chi connectivity index (χ0) is 10.4. The lowest BCUT2D eigenvalue weighted by atomic mass is 10.1. The van der Waals surface area contributed by atoms with Crippen molar-refractivity contribution in [2.75, 3.05) is 23.3 Å². The van der Waals surface area contributed by atoms with Crippen LogP contribution in [0.2, 0.25) is 0 Å². The number of fused-ring (bicyclic) bond motifs is 3. The third-order valence-corrected chi connectivity index (χ3v) is 3.56. The molecule has 1 N–H and O–H groups in total. The third kappa shape index (κ3) is 1.17. The molecule has 1 aromatic heterocycles. The molecule has 0 saturated carbocycles. The highest BCUT2D eigenvalue weighted by Crippen LogP contribution is 2.37. The van der Waals surface area contributed by atoms with Crippen molar-refractivity contribution in [1.29, 1.82) is 0 Å². The summed E-state index contributed by atoms with van der Waals surface area (Å²) in [6.45, 7) is 7.50. The number of nitrogens with one attached hydrogen (secondary N) is 1. The molecule has 82 valence electrons. The maximum absolute atomic E-state index is 4.58. The van der Waals surface area contributed by atoms with Crippen LogP contribution in [0.15, 0.2) is 0 Å². The Morgan fingerprint density at radius 3 is 3.20 bits per heavy atom. The predicted octanol–water partition coefficient (Wildman–Crippen LogP) is 1.61. The lowest BCUT2D eigenvalue weighted by molar-refractivity contribution is 0.608.